The molecule has 0 saturated heterocycles. The third kappa shape index (κ3) is 5.68. The number of anilines is 1. The minimum Gasteiger partial charge on any atom is -0.325 e. The summed E-state index contributed by atoms with van der Waals surface area (Å²) in [4.78, 5) is 12.2. The molecule has 1 amide bonds. The van der Waals surface area contributed by atoms with Gasteiger partial charge in [0.15, 0.2) is 0 Å². The van der Waals surface area contributed by atoms with Crippen LogP contribution < -0.4 is 10.6 Å². The zero-order valence-electron chi connectivity index (χ0n) is 12.7. The molecule has 0 spiro atoms. The van der Waals surface area contributed by atoms with Crippen LogP contribution in [0.25, 0.3) is 0 Å². The second kappa shape index (κ2) is 8.40. The van der Waals surface area contributed by atoms with Gasteiger partial charge in [0.05, 0.1) is 6.04 Å². The molecule has 1 aromatic rings. The van der Waals surface area contributed by atoms with E-state index in [0.717, 1.165) is 5.69 Å². The lowest BCUT2D eigenvalue weighted by Crippen LogP contribution is -2.44. The standard InChI is InChI=1S/C17H25ClN2O/c1-13(19-15-9-5-3-2-4-6-10-15)17(21)20-16-11-7-8-14(18)12-16/h7-8,11-13,15,19H,2-6,9-10H2,1H3,(H,20,21)/t13-/m1/s1. The summed E-state index contributed by atoms with van der Waals surface area (Å²) in [7, 11) is 0. The maximum absolute atomic E-state index is 12.2. The molecule has 0 aromatic heterocycles. The van der Waals surface area contributed by atoms with Gasteiger partial charge >= 0.3 is 0 Å². The first-order valence-corrected chi connectivity index (χ1v) is 8.35. The Morgan fingerprint density at radius 3 is 2.52 bits per heavy atom. The molecule has 3 nitrogen and oxygen atoms in total. The Hall–Kier alpha value is -1.06. The van der Waals surface area contributed by atoms with Gasteiger partial charge in [-0.15, -0.1) is 0 Å². The number of nitrogens with one attached hydrogen (secondary N) is 2. The van der Waals surface area contributed by atoms with E-state index in [9.17, 15) is 4.79 Å². The summed E-state index contributed by atoms with van der Waals surface area (Å²) in [6.45, 7) is 1.93. The number of rotatable bonds is 4. The van der Waals surface area contributed by atoms with Crippen LogP contribution in [0.4, 0.5) is 5.69 Å². The Labute approximate surface area is 132 Å². The Morgan fingerprint density at radius 2 is 1.86 bits per heavy atom. The van der Waals surface area contributed by atoms with E-state index in [0.29, 0.717) is 11.1 Å². The van der Waals surface area contributed by atoms with Crippen LogP contribution >= 0.6 is 11.6 Å². The second-order valence-corrected chi connectivity index (χ2v) is 6.37. The SMILES string of the molecule is C[C@@H](NC1CCCCCCC1)C(=O)Nc1cccc(Cl)c1. The lowest BCUT2D eigenvalue weighted by atomic mass is 9.96. The lowest BCUT2D eigenvalue weighted by molar-refractivity contribution is -0.118. The molecule has 2 N–H and O–H groups in total. The molecule has 116 valence electrons. The van der Waals surface area contributed by atoms with E-state index < -0.39 is 0 Å². The van der Waals surface area contributed by atoms with E-state index in [1.165, 1.54) is 44.9 Å². The van der Waals surface area contributed by atoms with Crippen LogP contribution in [0.5, 0.6) is 0 Å². The van der Waals surface area contributed by atoms with E-state index in [4.69, 9.17) is 11.6 Å². The fourth-order valence-corrected chi connectivity index (χ4v) is 3.06. The first-order chi connectivity index (χ1) is 10.1. The maximum Gasteiger partial charge on any atom is 0.241 e. The molecular weight excluding hydrogens is 284 g/mol. The minimum atomic E-state index is -0.187. The fourth-order valence-electron chi connectivity index (χ4n) is 2.87. The molecule has 0 aliphatic heterocycles. The van der Waals surface area contributed by atoms with Crippen molar-refractivity contribution in [3.63, 3.8) is 0 Å². The molecule has 1 atom stereocenters. The van der Waals surface area contributed by atoms with Crippen LogP contribution in [0.3, 0.4) is 0 Å². The smallest absolute Gasteiger partial charge is 0.241 e. The zero-order chi connectivity index (χ0) is 15.1. The summed E-state index contributed by atoms with van der Waals surface area (Å²) in [5.41, 5.74) is 0.749. The molecule has 0 bridgehead atoms. The number of amides is 1. The average molecular weight is 309 g/mol. The Bertz CT molecular complexity index is 456. The maximum atomic E-state index is 12.2. The zero-order valence-corrected chi connectivity index (χ0v) is 13.5. The molecule has 21 heavy (non-hydrogen) atoms. The lowest BCUT2D eigenvalue weighted by Gasteiger charge is -2.24. The molecule has 0 unspecified atom stereocenters. The largest absolute Gasteiger partial charge is 0.325 e. The molecule has 1 aromatic carbocycles. The van der Waals surface area contributed by atoms with Crippen molar-refractivity contribution >= 4 is 23.2 Å². The summed E-state index contributed by atoms with van der Waals surface area (Å²) in [5, 5.41) is 7.02. The normalized spacial score (nSPS) is 18.6. The van der Waals surface area contributed by atoms with Crippen molar-refractivity contribution in [2.24, 2.45) is 0 Å². The van der Waals surface area contributed by atoms with Gasteiger partial charge in [0.2, 0.25) is 5.91 Å². The number of carbonyl (C=O) groups excluding carboxylic acids is 1. The molecule has 4 heteroatoms. The van der Waals surface area contributed by atoms with Gasteiger partial charge in [-0.3, -0.25) is 4.79 Å². The molecule has 0 heterocycles. The van der Waals surface area contributed by atoms with Crippen LogP contribution in [0.1, 0.15) is 51.9 Å². The fraction of sp³-hybridized carbons (Fsp3) is 0.588. The van der Waals surface area contributed by atoms with Crippen LogP contribution in [0.2, 0.25) is 5.02 Å². The van der Waals surface area contributed by atoms with Gasteiger partial charge in [0.25, 0.3) is 0 Å². The van der Waals surface area contributed by atoms with Crippen LogP contribution in [-0.2, 0) is 4.79 Å². The first-order valence-electron chi connectivity index (χ1n) is 7.97. The van der Waals surface area contributed by atoms with Crippen molar-refractivity contribution in [3.8, 4) is 0 Å². The van der Waals surface area contributed by atoms with Crippen LogP contribution in [0.15, 0.2) is 24.3 Å². The van der Waals surface area contributed by atoms with Gasteiger partial charge < -0.3 is 10.6 Å². The van der Waals surface area contributed by atoms with E-state index in [1.807, 2.05) is 19.1 Å². The predicted molar refractivity (Wildman–Crippen MR) is 88.8 cm³/mol. The number of carbonyl (C=O) groups is 1. The van der Waals surface area contributed by atoms with E-state index in [2.05, 4.69) is 10.6 Å². The second-order valence-electron chi connectivity index (χ2n) is 5.93. The van der Waals surface area contributed by atoms with Gasteiger partial charge in [0, 0.05) is 16.8 Å². The van der Waals surface area contributed by atoms with Gasteiger partial charge in [0.1, 0.15) is 0 Å². The Balaban J connectivity index is 1.83. The first kappa shape index (κ1) is 16.3. The Kier molecular flexibility index (Phi) is 6.52. The van der Waals surface area contributed by atoms with Crippen molar-refractivity contribution in [2.75, 3.05) is 5.32 Å². The highest BCUT2D eigenvalue weighted by Crippen LogP contribution is 2.18. The van der Waals surface area contributed by atoms with E-state index in [1.54, 1.807) is 12.1 Å². The molecule has 0 radical (unpaired) electrons. The molecular formula is C17H25ClN2O. The highest BCUT2D eigenvalue weighted by Gasteiger charge is 2.18. The quantitative estimate of drug-likeness (QED) is 0.867. The molecule has 1 aliphatic carbocycles. The van der Waals surface area contributed by atoms with E-state index in [-0.39, 0.29) is 11.9 Å². The summed E-state index contributed by atoms with van der Waals surface area (Å²) >= 11 is 5.93. The summed E-state index contributed by atoms with van der Waals surface area (Å²) in [5.74, 6) is -0.000624. The van der Waals surface area contributed by atoms with Crippen molar-refractivity contribution in [1.29, 1.82) is 0 Å². The highest BCUT2D eigenvalue weighted by atomic mass is 35.5. The monoisotopic (exact) mass is 308 g/mol. The third-order valence-electron chi connectivity index (χ3n) is 4.08. The number of hydrogen-bond acceptors (Lipinski definition) is 2. The van der Waals surface area contributed by atoms with Crippen molar-refractivity contribution < 1.29 is 4.79 Å². The highest BCUT2D eigenvalue weighted by molar-refractivity contribution is 6.30. The average Bonchev–Trinajstić information content (AvgIpc) is 2.41. The predicted octanol–water partition coefficient (Wildman–Crippen LogP) is 4.37. The Morgan fingerprint density at radius 1 is 1.19 bits per heavy atom. The van der Waals surface area contributed by atoms with Crippen molar-refractivity contribution in [1.82, 2.24) is 5.32 Å². The summed E-state index contributed by atoms with van der Waals surface area (Å²) < 4.78 is 0. The number of benzene rings is 1. The topological polar surface area (TPSA) is 41.1 Å². The van der Waals surface area contributed by atoms with Gasteiger partial charge in [-0.25, -0.2) is 0 Å². The van der Waals surface area contributed by atoms with Crippen LogP contribution in [-0.4, -0.2) is 18.0 Å². The van der Waals surface area contributed by atoms with Crippen molar-refractivity contribution in [3.05, 3.63) is 29.3 Å². The van der Waals surface area contributed by atoms with Crippen LogP contribution in [0, 0.1) is 0 Å². The molecule has 2 rings (SSSR count). The molecule has 1 aliphatic rings. The van der Waals surface area contributed by atoms with Gasteiger partial charge in [-0.1, -0.05) is 49.8 Å². The third-order valence-corrected chi connectivity index (χ3v) is 4.31. The van der Waals surface area contributed by atoms with Gasteiger partial charge in [-0.05, 0) is 38.0 Å². The molecule has 1 saturated carbocycles. The summed E-state index contributed by atoms with van der Waals surface area (Å²) in [6.07, 6.45) is 8.88. The molecule has 1 fully saturated rings. The minimum absolute atomic E-state index is 0.000624. The van der Waals surface area contributed by atoms with Gasteiger partial charge in [-0.2, -0.15) is 0 Å². The number of hydrogen-bond donors (Lipinski definition) is 2. The van der Waals surface area contributed by atoms with Crippen molar-refractivity contribution in [2.45, 2.75) is 64.0 Å². The number of halogens is 1. The van der Waals surface area contributed by atoms with E-state index >= 15 is 0 Å². The summed E-state index contributed by atoms with van der Waals surface area (Å²) in [6, 6.07) is 7.53.